The van der Waals surface area contributed by atoms with E-state index in [-0.39, 0.29) is 0 Å². The van der Waals surface area contributed by atoms with Gasteiger partial charge in [-0.2, -0.15) is 5.10 Å². The molecule has 0 saturated heterocycles. The van der Waals surface area contributed by atoms with Crippen molar-refractivity contribution < 1.29 is 9.84 Å². The summed E-state index contributed by atoms with van der Waals surface area (Å²) in [7, 11) is 0. The molecular weight excluding hydrogens is 278 g/mol. The minimum absolute atomic E-state index is 0.527. The van der Waals surface area contributed by atoms with Gasteiger partial charge in [0.2, 0.25) is 0 Å². The Kier molecular flexibility index (Phi) is 5.11. The molecule has 0 bridgehead atoms. The minimum Gasteiger partial charge on any atom is -0.384 e. The Bertz CT molecular complexity index is 616. The maximum absolute atomic E-state index is 10.8. The van der Waals surface area contributed by atoms with Crippen molar-refractivity contribution in [2.45, 2.75) is 39.4 Å². The van der Waals surface area contributed by atoms with Gasteiger partial charge in [0, 0.05) is 6.61 Å². The van der Waals surface area contributed by atoms with Crippen LogP contribution in [0, 0.1) is 6.92 Å². The summed E-state index contributed by atoms with van der Waals surface area (Å²) in [6.07, 6.45) is 4.09. The third-order valence-corrected chi connectivity index (χ3v) is 3.53. The first kappa shape index (κ1) is 16.4. The highest BCUT2D eigenvalue weighted by Crippen LogP contribution is 2.25. The second-order valence-electron chi connectivity index (χ2n) is 5.76. The summed E-state index contributed by atoms with van der Waals surface area (Å²) in [4.78, 5) is 3.97. The second-order valence-corrected chi connectivity index (χ2v) is 5.76. The van der Waals surface area contributed by atoms with Crippen molar-refractivity contribution in [3.63, 3.8) is 0 Å². The molecule has 1 heterocycles. The summed E-state index contributed by atoms with van der Waals surface area (Å²) in [5.74, 6) is 0. The van der Waals surface area contributed by atoms with E-state index < -0.39 is 11.7 Å². The lowest BCUT2D eigenvalue weighted by atomic mass is 9.97. The fourth-order valence-electron chi connectivity index (χ4n) is 2.25. The van der Waals surface area contributed by atoms with Gasteiger partial charge in [-0.1, -0.05) is 29.8 Å². The highest BCUT2D eigenvalue weighted by molar-refractivity contribution is 5.73. The van der Waals surface area contributed by atoms with E-state index in [1.807, 2.05) is 58.0 Å². The smallest absolute Gasteiger partial charge is 0.138 e. The molecule has 118 valence electrons. The van der Waals surface area contributed by atoms with Crippen molar-refractivity contribution in [2.75, 3.05) is 6.61 Å². The van der Waals surface area contributed by atoms with Crippen LogP contribution >= 0.6 is 0 Å². The Balaban J connectivity index is 2.41. The van der Waals surface area contributed by atoms with Gasteiger partial charge in [0.25, 0.3) is 0 Å². The summed E-state index contributed by atoms with van der Waals surface area (Å²) < 4.78 is 7.25. The maximum atomic E-state index is 10.8. The fraction of sp³-hybridized carbons (Fsp3) is 0.412. The van der Waals surface area contributed by atoms with Crippen LogP contribution in [0.15, 0.2) is 36.9 Å². The van der Waals surface area contributed by atoms with Crippen molar-refractivity contribution >= 4 is 11.8 Å². The SMILES string of the molecule is CCOC(C)(C)C(O)/C(=C/c1ccc(C)cc1)n1cncn1. The summed E-state index contributed by atoms with van der Waals surface area (Å²) in [6, 6.07) is 8.08. The molecule has 0 saturated carbocycles. The van der Waals surface area contributed by atoms with E-state index in [1.165, 1.54) is 11.9 Å². The van der Waals surface area contributed by atoms with Crippen LogP contribution in [0.2, 0.25) is 0 Å². The second kappa shape index (κ2) is 6.85. The highest BCUT2D eigenvalue weighted by Gasteiger charge is 2.32. The molecule has 22 heavy (non-hydrogen) atoms. The lowest BCUT2D eigenvalue weighted by molar-refractivity contribution is -0.0753. The number of hydrogen-bond acceptors (Lipinski definition) is 4. The zero-order valence-electron chi connectivity index (χ0n) is 13.5. The Morgan fingerprint density at radius 1 is 1.36 bits per heavy atom. The Morgan fingerprint density at radius 3 is 2.59 bits per heavy atom. The predicted molar refractivity (Wildman–Crippen MR) is 87.1 cm³/mol. The predicted octanol–water partition coefficient (Wildman–Crippen LogP) is 2.76. The van der Waals surface area contributed by atoms with Gasteiger partial charge in [0.1, 0.15) is 18.8 Å². The van der Waals surface area contributed by atoms with Crippen molar-refractivity contribution in [1.82, 2.24) is 14.8 Å². The largest absolute Gasteiger partial charge is 0.384 e. The van der Waals surface area contributed by atoms with E-state index in [0.717, 1.165) is 5.56 Å². The van der Waals surface area contributed by atoms with Gasteiger partial charge >= 0.3 is 0 Å². The van der Waals surface area contributed by atoms with E-state index in [1.54, 1.807) is 11.0 Å². The van der Waals surface area contributed by atoms with Crippen LogP contribution in [0.4, 0.5) is 0 Å². The van der Waals surface area contributed by atoms with Gasteiger partial charge in [0.05, 0.1) is 11.3 Å². The molecule has 2 rings (SSSR count). The van der Waals surface area contributed by atoms with E-state index in [4.69, 9.17) is 4.74 Å². The van der Waals surface area contributed by atoms with E-state index >= 15 is 0 Å². The molecule has 0 fully saturated rings. The Morgan fingerprint density at radius 2 is 2.05 bits per heavy atom. The lowest BCUT2D eigenvalue weighted by Crippen LogP contribution is -2.41. The summed E-state index contributed by atoms with van der Waals surface area (Å²) >= 11 is 0. The molecule has 1 unspecified atom stereocenters. The zero-order valence-corrected chi connectivity index (χ0v) is 13.5. The number of aryl methyl sites for hydroxylation is 1. The van der Waals surface area contributed by atoms with Crippen molar-refractivity contribution in [2.24, 2.45) is 0 Å². The minimum atomic E-state index is -0.838. The molecule has 1 atom stereocenters. The van der Waals surface area contributed by atoms with Gasteiger partial charge < -0.3 is 9.84 Å². The van der Waals surface area contributed by atoms with Crippen LogP contribution in [0.5, 0.6) is 0 Å². The van der Waals surface area contributed by atoms with Crippen LogP contribution in [0.1, 0.15) is 31.9 Å². The molecule has 0 aliphatic rings. The average molecular weight is 301 g/mol. The zero-order chi connectivity index (χ0) is 16.2. The van der Waals surface area contributed by atoms with Gasteiger partial charge in [0.15, 0.2) is 0 Å². The molecule has 0 amide bonds. The molecule has 0 spiro atoms. The van der Waals surface area contributed by atoms with E-state index in [0.29, 0.717) is 12.3 Å². The molecule has 5 nitrogen and oxygen atoms in total. The van der Waals surface area contributed by atoms with Crippen molar-refractivity contribution in [3.8, 4) is 0 Å². The topological polar surface area (TPSA) is 60.2 Å². The number of rotatable bonds is 6. The van der Waals surface area contributed by atoms with Gasteiger partial charge in [-0.05, 0) is 39.3 Å². The average Bonchev–Trinajstić information content (AvgIpc) is 3.00. The third kappa shape index (κ3) is 3.81. The first-order chi connectivity index (χ1) is 10.4. The molecular formula is C17H23N3O2. The van der Waals surface area contributed by atoms with Gasteiger partial charge in [-0.15, -0.1) is 0 Å². The number of nitrogens with zero attached hydrogens (tertiary/aromatic N) is 3. The number of aliphatic hydroxyl groups is 1. The molecule has 1 aromatic heterocycles. The van der Waals surface area contributed by atoms with Crippen LogP contribution in [0.25, 0.3) is 11.8 Å². The first-order valence-electron chi connectivity index (χ1n) is 7.39. The standard InChI is InChI=1S/C17H23N3O2/c1-5-22-17(3,4)16(21)15(20-12-18-11-19-20)10-14-8-6-13(2)7-9-14/h6-12,16,21H,5H2,1-4H3/b15-10-. The molecule has 0 radical (unpaired) electrons. The summed E-state index contributed by atoms with van der Waals surface area (Å²) in [5, 5.41) is 14.9. The number of ether oxygens (including phenoxy) is 1. The summed E-state index contributed by atoms with van der Waals surface area (Å²) in [5.41, 5.74) is 2.08. The van der Waals surface area contributed by atoms with Gasteiger partial charge in [-0.25, -0.2) is 9.67 Å². The Hall–Kier alpha value is -1.98. The number of aliphatic hydroxyl groups excluding tert-OH is 1. The normalized spacial score (nSPS) is 14.1. The van der Waals surface area contributed by atoms with Crippen LogP contribution in [-0.4, -0.2) is 38.2 Å². The highest BCUT2D eigenvalue weighted by atomic mass is 16.5. The lowest BCUT2D eigenvalue weighted by Gasteiger charge is -2.31. The van der Waals surface area contributed by atoms with Crippen molar-refractivity contribution in [3.05, 3.63) is 48.0 Å². The first-order valence-corrected chi connectivity index (χ1v) is 7.39. The third-order valence-electron chi connectivity index (χ3n) is 3.53. The molecule has 1 aromatic carbocycles. The molecule has 1 N–H and O–H groups in total. The molecule has 2 aromatic rings. The molecule has 0 aliphatic heterocycles. The van der Waals surface area contributed by atoms with Crippen LogP contribution < -0.4 is 0 Å². The Labute approximate surface area is 131 Å². The number of aromatic nitrogens is 3. The number of benzene rings is 1. The summed E-state index contributed by atoms with van der Waals surface area (Å²) in [6.45, 7) is 8.20. The number of hydrogen-bond donors (Lipinski definition) is 1. The van der Waals surface area contributed by atoms with Crippen molar-refractivity contribution in [1.29, 1.82) is 0 Å². The van der Waals surface area contributed by atoms with Crippen LogP contribution in [-0.2, 0) is 4.74 Å². The van der Waals surface area contributed by atoms with Gasteiger partial charge in [-0.3, -0.25) is 0 Å². The van der Waals surface area contributed by atoms with E-state index in [9.17, 15) is 5.11 Å². The van der Waals surface area contributed by atoms with Crippen LogP contribution in [0.3, 0.4) is 0 Å². The maximum Gasteiger partial charge on any atom is 0.138 e. The van der Waals surface area contributed by atoms with E-state index in [2.05, 4.69) is 10.1 Å². The fourth-order valence-corrected chi connectivity index (χ4v) is 2.25. The molecule has 0 aliphatic carbocycles. The monoisotopic (exact) mass is 301 g/mol. The molecule has 5 heteroatoms. The quantitative estimate of drug-likeness (QED) is 0.891.